The standard InChI is InChI=1S/C108H111BN4/c1-102(2,3)66-72-58-87(70-36-32-40-76(56-70)106(13,14)15)95(64-85(72)68-34-30-38-74(54-68)104(7,8)9)112-97-62-79(110-91-46-26-22-42-81(91)82-43-23-27-47-92(82)110)50-52-89(97)109-90-53-51-80(111-93-48-28-24-44-83(93)84-45-25-29-49-94(84)111)63-98(90)113(100-61-78(108(19,20)21)60-99(112)101(100)109)96-65-86(69-35-31-39-75(55-69)105(10,11)12)73(67-103(4,5)6)59-88(96)71-37-33-41-77(57-71)107(16,17)18/h22-65H,66-67H2,1-21H3. The third kappa shape index (κ3) is 13.5. The van der Waals surface area contributed by atoms with Crippen molar-refractivity contribution in [1.82, 2.24) is 9.13 Å². The van der Waals surface area contributed by atoms with Crippen molar-refractivity contribution >= 4 is 101 Å². The molecule has 4 nitrogen and oxygen atoms in total. The Labute approximate surface area is 673 Å². The van der Waals surface area contributed by atoms with Crippen LogP contribution in [0.4, 0.5) is 34.1 Å². The minimum atomic E-state index is -0.341. The first kappa shape index (κ1) is 74.8. The molecule has 113 heavy (non-hydrogen) atoms. The summed E-state index contributed by atoms with van der Waals surface area (Å²) < 4.78 is 5.06. The van der Waals surface area contributed by atoms with E-state index in [0.29, 0.717) is 0 Å². The zero-order valence-electron chi connectivity index (χ0n) is 70.7. The summed E-state index contributed by atoms with van der Waals surface area (Å²) in [6.45, 7) is 49.7. The molecule has 0 atom stereocenters. The van der Waals surface area contributed by atoms with E-state index in [1.165, 1.54) is 155 Å². The molecule has 0 aliphatic carbocycles. The lowest BCUT2D eigenvalue weighted by Crippen LogP contribution is -2.61. The summed E-state index contributed by atoms with van der Waals surface area (Å²) in [7, 11) is 0. The maximum absolute atomic E-state index is 2.77. The monoisotopic (exact) mass is 1470 g/mol. The van der Waals surface area contributed by atoms with Crippen molar-refractivity contribution in [3.05, 3.63) is 306 Å². The van der Waals surface area contributed by atoms with E-state index in [9.17, 15) is 0 Å². The molecule has 0 spiro atoms. The molecule has 0 N–H and O–H groups in total. The summed E-state index contributed by atoms with van der Waals surface area (Å²) >= 11 is 0. The van der Waals surface area contributed by atoms with Crippen LogP contribution in [0, 0.1) is 10.8 Å². The summed E-state index contributed by atoms with van der Waals surface area (Å²) in [4.78, 5) is 5.54. The Bertz CT molecular complexity index is 5830. The lowest BCUT2D eigenvalue weighted by atomic mass is 9.33. The van der Waals surface area contributed by atoms with Gasteiger partial charge in [-0.2, -0.15) is 0 Å². The van der Waals surface area contributed by atoms with Crippen LogP contribution in [-0.4, -0.2) is 15.8 Å². The maximum Gasteiger partial charge on any atom is 0.252 e. The fourth-order valence-corrected chi connectivity index (χ4v) is 18.3. The van der Waals surface area contributed by atoms with Crippen molar-refractivity contribution in [2.24, 2.45) is 10.8 Å². The first-order valence-electron chi connectivity index (χ1n) is 41.2. The summed E-state index contributed by atoms with van der Waals surface area (Å²) in [5, 5.41) is 4.95. The quantitative estimate of drug-likeness (QED) is 0.127. The van der Waals surface area contributed by atoms with Crippen LogP contribution in [0.3, 0.4) is 0 Å². The van der Waals surface area contributed by atoms with E-state index in [-0.39, 0.29) is 44.6 Å². The lowest BCUT2D eigenvalue weighted by Gasteiger charge is -2.46. The Kier molecular flexibility index (Phi) is 17.8. The van der Waals surface area contributed by atoms with Gasteiger partial charge in [-0.15, -0.1) is 0 Å². The topological polar surface area (TPSA) is 16.3 Å². The highest BCUT2D eigenvalue weighted by Crippen LogP contribution is 2.54. The first-order chi connectivity index (χ1) is 53.4. The highest BCUT2D eigenvalue weighted by molar-refractivity contribution is 7.00. The first-order valence-corrected chi connectivity index (χ1v) is 41.2. The molecular weight excluding hydrogens is 1360 g/mol. The molecule has 2 aromatic heterocycles. The summed E-state index contributed by atoms with van der Waals surface area (Å²) in [5.74, 6) is 0. The lowest BCUT2D eigenvalue weighted by molar-refractivity contribution is 0.411. The van der Waals surface area contributed by atoms with Crippen LogP contribution < -0.4 is 26.2 Å². The van der Waals surface area contributed by atoms with Gasteiger partial charge in [-0.05, 0) is 224 Å². The number of anilines is 6. The van der Waals surface area contributed by atoms with Gasteiger partial charge in [-0.1, -0.05) is 327 Å². The average molecular weight is 1480 g/mol. The van der Waals surface area contributed by atoms with E-state index in [0.717, 1.165) is 47.0 Å². The molecule has 0 saturated heterocycles. The van der Waals surface area contributed by atoms with Gasteiger partial charge < -0.3 is 18.9 Å². The molecule has 0 radical (unpaired) electrons. The normalized spacial score (nSPS) is 13.5. The van der Waals surface area contributed by atoms with Crippen LogP contribution in [0.1, 0.15) is 184 Å². The van der Waals surface area contributed by atoms with E-state index >= 15 is 0 Å². The molecule has 13 aromatic carbocycles. The summed E-state index contributed by atoms with van der Waals surface area (Å²) in [5.41, 5.74) is 35.8. The molecule has 15 aromatic rings. The fraction of sp³-hybridized carbons (Fsp3) is 0.278. The molecule has 5 heteroatoms. The fourth-order valence-electron chi connectivity index (χ4n) is 18.3. The number of fused-ring (bicyclic) bond motifs is 10. The molecule has 17 rings (SSSR count). The van der Waals surface area contributed by atoms with Crippen LogP contribution in [0.5, 0.6) is 0 Å². The van der Waals surface area contributed by atoms with E-state index in [2.05, 4.69) is 431 Å². The third-order valence-corrected chi connectivity index (χ3v) is 24.1. The Morgan fingerprint density at radius 2 is 0.531 bits per heavy atom. The molecule has 0 fully saturated rings. The van der Waals surface area contributed by atoms with Gasteiger partial charge in [0.2, 0.25) is 0 Å². The maximum atomic E-state index is 2.77. The molecule has 0 bridgehead atoms. The molecule has 566 valence electrons. The largest absolute Gasteiger partial charge is 0.311 e. The average Bonchev–Trinajstić information content (AvgIpc) is 1.21. The number of hydrogen-bond acceptors (Lipinski definition) is 2. The van der Waals surface area contributed by atoms with Crippen molar-refractivity contribution < 1.29 is 0 Å². The SMILES string of the molecule is CC(C)(C)Cc1cc(-c2cccc(C(C)(C)C)c2)c(N2c3cc(-n4c5ccccc5c5ccccc54)ccc3B3c4ccc(-n5c6ccccc6c6ccccc65)cc4N(c4cc(-c5cccc(C(C)(C)C)c5)c(CC(C)(C)C)cc4-c4cccc(C(C)(C)C)c4)c4cc(C(C)(C)C)cc2c43)cc1-c1cccc(C(C)(C)C)c1. The van der Waals surface area contributed by atoms with Crippen molar-refractivity contribution in [1.29, 1.82) is 0 Å². The number of aromatic nitrogens is 2. The Morgan fingerprint density at radius 3 is 0.823 bits per heavy atom. The van der Waals surface area contributed by atoms with Gasteiger partial charge in [-0.3, -0.25) is 0 Å². The highest BCUT2D eigenvalue weighted by atomic mass is 15.2. The van der Waals surface area contributed by atoms with Gasteiger partial charge in [0.1, 0.15) is 0 Å². The number of hydrogen-bond donors (Lipinski definition) is 0. The van der Waals surface area contributed by atoms with Crippen molar-refractivity contribution in [3.8, 4) is 55.9 Å². The molecular formula is C108H111BN4. The smallest absolute Gasteiger partial charge is 0.252 e. The van der Waals surface area contributed by atoms with Crippen molar-refractivity contribution in [3.63, 3.8) is 0 Å². The highest BCUT2D eigenvalue weighted by Gasteiger charge is 2.46. The van der Waals surface area contributed by atoms with Crippen LogP contribution in [0.25, 0.3) is 99.5 Å². The van der Waals surface area contributed by atoms with Gasteiger partial charge in [-0.25, -0.2) is 0 Å². The minimum Gasteiger partial charge on any atom is -0.311 e. The Morgan fingerprint density at radius 1 is 0.239 bits per heavy atom. The predicted octanol–water partition coefficient (Wildman–Crippen LogP) is 28.3. The molecule has 0 unspecified atom stereocenters. The molecule has 2 aliphatic rings. The second kappa shape index (κ2) is 26.9. The molecule has 0 saturated carbocycles. The number of para-hydroxylation sites is 4. The zero-order valence-corrected chi connectivity index (χ0v) is 70.7. The van der Waals surface area contributed by atoms with Crippen LogP contribution >= 0.6 is 0 Å². The molecule has 2 aliphatic heterocycles. The second-order valence-corrected chi connectivity index (χ2v) is 40.4. The molecule has 4 heterocycles. The second-order valence-electron chi connectivity index (χ2n) is 40.4. The van der Waals surface area contributed by atoms with Gasteiger partial charge in [0.25, 0.3) is 6.71 Å². The summed E-state index contributed by atoms with van der Waals surface area (Å²) in [6, 6.07) is 105. The van der Waals surface area contributed by atoms with Crippen LogP contribution in [0.2, 0.25) is 0 Å². The molecule has 0 amide bonds. The van der Waals surface area contributed by atoms with Crippen molar-refractivity contribution in [2.45, 2.75) is 185 Å². The Balaban J connectivity index is 1.07. The Hall–Kier alpha value is -10.9. The van der Waals surface area contributed by atoms with Gasteiger partial charge in [0.15, 0.2) is 0 Å². The number of rotatable bonds is 10. The predicted molar refractivity (Wildman–Crippen MR) is 491 cm³/mol. The van der Waals surface area contributed by atoms with E-state index < -0.39 is 0 Å². The third-order valence-electron chi connectivity index (χ3n) is 24.1. The van der Waals surface area contributed by atoms with Crippen LogP contribution in [-0.2, 0) is 39.9 Å². The van der Waals surface area contributed by atoms with E-state index in [1.54, 1.807) is 0 Å². The zero-order chi connectivity index (χ0) is 79.5. The van der Waals surface area contributed by atoms with Gasteiger partial charge in [0, 0.05) is 66.8 Å². The van der Waals surface area contributed by atoms with Crippen LogP contribution in [0.15, 0.2) is 267 Å². The van der Waals surface area contributed by atoms with Gasteiger partial charge >= 0.3 is 0 Å². The number of nitrogens with zero attached hydrogens (tertiary/aromatic N) is 4. The van der Waals surface area contributed by atoms with E-state index in [1.807, 2.05) is 0 Å². The van der Waals surface area contributed by atoms with Crippen molar-refractivity contribution in [2.75, 3.05) is 9.80 Å². The minimum absolute atomic E-state index is 0.0456. The number of benzene rings is 13. The summed E-state index contributed by atoms with van der Waals surface area (Å²) in [6.07, 6.45) is 1.75. The van der Waals surface area contributed by atoms with Gasteiger partial charge in [0.05, 0.1) is 33.4 Å². The van der Waals surface area contributed by atoms with E-state index in [4.69, 9.17) is 0 Å².